The van der Waals surface area contributed by atoms with Gasteiger partial charge in [-0.3, -0.25) is 0 Å². The van der Waals surface area contributed by atoms with Crippen LogP contribution in [-0.2, 0) is 9.47 Å². The fourth-order valence-corrected chi connectivity index (χ4v) is 2.06. The molecule has 0 aliphatic carbocycles. The summed E-state index contributed by atoms with van der Waals surface area (Å²) in [6, 6.07) is 4.76. The molecule has 96 valence electrons. The summed E-state index contributed by atoms with van der Waals surface area (Å²) in [6.07, 6.45) is 0.887. The molecule has 17 heavy (non-hydrogen) atoms. The topological polar surface area (TPSA) is 44.5 Å². The quantitative estimate of drug-likeness (QED) is 0.443. The van der Waals surface area contributed by atoms with Crippen molar-refractivity contribution in [2.45, 2.75) is 11.3 Å². The predicted molar refractivity (Wildman–Crippen MR) is 68.8 cm³/mol. The van der Waals surface area contributed by atoms with Gasteiger partial charge >= 0.3 is 0 Å². The van der Waals surface area contributed by atoms with Crippen molar-refractivity contribution in [1.29, 1.82) is 0 Å². The standard InChI is InChI=1S/C12H18FNO2S/c1-15-6-7-16-5-2-8-17-12-4-3-10(14)9-11(12)13/h3-4,9H,2,5-8,14H2,1H3. The second kappa shape index (κ2) is 8.33. The van der Waals surface area contributed by atoms with Crippen molar-refractivity contribution in [3.8, 4) is 0 Å². The average molecular weight is 259 g/mol. The first-order valence-electron chi connectivity index (χ1n) is 5.48. The van der Waals surface area contributed by atoms with Crippen LogP contribution >= 0.6 is 11.8 Å². The minimum Gasteiger partial charge on any atom is -0.399 e. The van der Waals surface area contributed by atoms with Gasteiger partial charge in [-0.25, -0.2) is 4.39 Å². The lowest BCUT2D eigenvalue weighted by atomic mass is 10.3. The van der Waals surface area contributed by atoms with Gasteiger partial charge in [0.1, 0.15) is 5.82 Å². The largest absolute Gasteiger partial charge is 0.399 e. The van der Waals surface area contributed by atoms with Crippen LogP contribution in [0.5, 0.6) is 0 Å². The van der Waals surface area contributed by atoms with E-state index in [1.807, 2.05) is 0 Å². The van der Waals surface area contributed by atoms with E-state index in [0.29, 0.717) is 30.4 Å². The maximum atomic E-state index is 13.4. The van der Waals surface area contributed by atoms with Crippen LogP contribution in [0.15, 0.2) is 23.1 Å². The fraction of sp³-hybridized carbons (Fsp3) is 0.500. The zero-order chi connectivity index (χ0) is 12.5. The lowest BCUT2D eigenvalue weighted by Crippen LogP contribution is -2.03. The van der Waals surface area contributed by atoms with Crippen LogP contribution < -0.4 is 5.73 Å². The van der Waals surface area contributed by atoms with Gasteiger partial charge in [-0.05, 0) is 24.6 Å². The molecule has 5 heteroatoms. The molecule has 0 unspecified atom stereocenters. The first-order chi connectivity index (χ1) is 8.24. The number of anilines is 1. The first-order valence-corrected chi connectivity index (χ1v) is 6.47. The molecule has 0 aliphatic heterocycles. The van der Waals surface area contributed by atoms with Crippen molar-refractivity contribution in [2.24, 2.45) is 0 Å². The molecule has 0 aromatic heterocycles. The number of halogens is 1. The van der Waals surface area contributed by atoms with E-state index in [9.17, 15) is 4.39 Å². The van der Waals surface area contributed by atoms with E-state index in [0.717, 1.165) is 12.2 Å². The van der Waals surface area contributed by atoms with Crippen molar-refractivity contribution in [1.82, 2.24) is 0 Å². The molecule has 0 spiro atoms. The molecule has 0 bridgehead atoms. The molecule has 0 radical (unpaired) electrons. The maximum absolute atomic E-state index is 13.4. The van der Waals surface area contributed by atoms with Gasteiger partial charge in [0.25, 0.3) is 0 Å². The number of ether oxygens (including phenoxy) is 2. The van der Waals surface area contributed by atoms with Crippen LogP contribution in [0.3, 0.4) is 0 Å². The Balaban J connectivity index is 2.14. The minimum absolute atomic E-state index is 0.254. The van der Waals surface area contributed by atoms with Gasteiger partial charge in [0.05, 0.1) is 13.2 Å². The Labute approximate surface area is 105 Å². The Morgan fingerprint density at radius 2 is 2.12 bits per heavy atom. The molecule has 1 rings (SSSR count). The first kappa shape index (κ1) is 14.3. The summed E-state index contributed by atoms with van der Waals surface area (Å²) >= 11 is 1.48. The Hall–Kier alpha value is -0.780. The molecule has 0 amide bonds. The number of methoxy groups -OCH3 is 1. The van der Waals surface area contributed by atoms with E-state index in [2.05, 4.69) is 0 Å². The van der Waals surface area contributed by atoms with Crippen molar-refractivity contribution in [3.05, 3.63) is 24.0 Å². The third-order valence-electron chi connectivity index (χ3n) is 2.08. The van der Waals surface area contributed by atoms with Crippen LogP contribution in [0.2, 0.25) is 0 Å². The number of thioether (sulfide) groups is 1. The molecule has 3 nitrogen and oxygen atoms in total. The Kier molecular flexibility index (Phi) is 7.00. The Bertz CT molecular complexity index is 336. The van der Waals surface area contributed by atoms with Crippen LogP contribution in [0.1, 0.15) is 6.42 Å². The van der Waals surface area contributed by atoms with Gasteiger partial charge in [0.2, 0.25) is 0 Å². The molecule has 1 aromatic rings. The molecule has 0 aliphatic rings. The van der Waals surface area contributed by atoms with Gasteiger partial charge < -0.3 is 15.2 Å². The van der Waals surface area contributed by atoms with Crippen molar-refractivity contribution < 1.29 is 13.9 Å². The molecule has 0 fully saturated rings. The smallest absolute Gasteiger partial charge is 0.138 e. The summed E-state index contributed by atoms with van der Waals surface area (Å²) in [4.78, 5) is 0.635. The molecular formula is C12H18FNO2S. The van der Waals surface area contributed by atoms with Gasteiger partial charge in [-0.1, -0.05) is 0 Å². The minimum atomic E-state index is -0.254. The SMILES string of the molecule is COCCOCCCSc1ccc(N)cc1F. The van der Waals surface area contributed by atoms with Crippen LogP contribution in [0.25, 0.3) is 0 Å². The van der Waals surface area contributed by atoms with Gasteiger partial charge in [-0.15, -0.1) is 11.8 Å². The average Bonchev–Trinajstić information content (AvgIpc) is 2.30. The maximum Gasteiger partial charge on any atom is 0.138 e. The zero-order valence-corrected chi connectivity index (χ0v) is 10.8. The third-order valence-corrected chi connectivity index (χ3v) is 3.21. The van der Waals surface area contributed by atoms with E-state index < -0.39 is 0 Å². The van der Waals surface area contributed by atoms with Crippen molar-refractivity contribution in [3.63, 3.8) is 0 Å². The summed E-state index contributed by atoms with van der Waals surface area (Å²) in [6.45, 7) is 1.89. The summed E-state index contributed by atoms with van der Waals surface area (Å²) in [5.41, 5.74) is 5.92. The van der Waals surface area contributed by atoms with Crippen LogP contribution in [0, 0.1) is 5.82 Å². The number of nitrogen functional groups attached to an aromatic ring is 1. The fourth-order valence-electron chi connectivity index (χ4n) is 1.22. The number of rotatable bonds is 8. The van der Waals surface area contributed by atoms with E-state index in [1.54, 1.807) is 19.2 Å². The number of hydrogen-bond acceptors (Lipinski definition) is 4. The van der Waals surface area contributed by atoms with Gasteiger partial charge in [0, 0.05) is 30.1 Å². The molecule has 0 saturated heterocycles. The van der Waals surface area contributed by atoms with Crippen LogP contribution in [-0.4, -0.2) is 32.7 Å². The second-order valence-corrected chi connectivity index (χ2v) is 4.63. The monoisotopic (exact) mass is 259 g/mol. The molecular weight excluding hydrogens is 241 g/mol. The molecule has 0 atom stereocenters. The highest BCUT2D eigenvalue weighted by Gasteiger charge is 2.02. The number of hydrogen-bond donors (Lipinski definition) is 1. The van der Waals surface area contributed by atoms with E-state index >= 15 is 0 Å². The Morgan fingerprint density at radius 1 is 1.29 bits per heavy atom. The second-order valence-electron chi connectivity index (χ2n) is 3.50. The summed E-state index contributed by atoms with van der Waals surface area (Å²) in [5.74, 6) is 0.573. The van der Waals surface area contributed by atoms with Gasteiger partial charge in [0.15, 0.2) is 0 Å². The highest BCUT2D eigenvalue weighted by atomic mass is 32.2. The van der Waals surface area contributed by atoms with E-state index in [-0.39, 0.29) is 5.82 Å². The zero-order valence-electron chi connectivity index (χ0n) is 9.95. The number of benzene rings is 1. The molecule has 1 aromatic carbocycles. The lowest BCUT2D eigenvalue weighted by molar-refractivity contribution is 0.0713. The normalized spacial score (nSPS) is 10.7. The summed E-state index contributed by atoms with van der Waals surface area (Å²) in [7, 11) is 1.64. The summed E-state index contributed by atoms with van der Waals surface area (Å²) < 4.78 is 23.5. The lowest BCUT2D eigenvalue weighted by Gasteiger charge is -2.05. The van der Waals surface area contributed by atoms with E-state index in [1.165, 1.54) is 17.8 Å². The molecule has 0 heterocycles. The van der Waals surface area contributed by atoms with Crippen molar-refractivity contribution in [2.75, 3.05) is 38.4 Å². The van der Waals surface area contributed by atoms with Crippen LogP contribution in [0.4, 0.5) is 10.1 Å². The van der Waals surface area contributed by atoms with Gasteiger partial charge in [-0.2, -0.15) is 0 Å². The highest BCUT2D eigenvalue weighted by molar-refractivity contribution is 7.99. The van der Waals surface area contributed by atoms with Crippen molar-refractivity contribution >= 4 is 17.4 Å². The number of nitrogens with two attached hydrogens (primary N) is 1. The molecule has 0 saturated carbocycles. The molecule has 2 N–H and O–H groups in total. The summed E-state index contributed by atoms with van der Waals surface area (Å²) in [5, 5.41) is 0. The van der Waals surface area contributed by atoms with E-state index in [4.69, 9.17) is 15.2 Å². The highest BCUT2D eigenvalue weighted by Crippen LogP contribution is 2.23. The third kappa shape index (κ3) is 5.91. The predicted octanol–water partition coefficient (Wildman–Crippen LogP) is 2.55. The Morgan fingerprint density at radius 3 is 2.82 bits per heavy atom.